The number of fused-ring (bicyclic) bond motifs is 7. The fourth-order valence-corrected chi connectivity index (χ4v) is 15.0. The van der Waals surface area contributed by atoms with Gasteiger partial charge in [0.1, 0.15) is 67.3 Å². The Kier molecular flexibility index (Phi) is 13.5. The predicted molar refractivity (Wildman–Crippen MR) is 230 cm³/mol. The smallest absolute Gasteiger partial charge is 0.335 e. The zero-order valence-electron chi connectivity index (χ0n) is 39.5. The van der Waals surface area contributed by atoms with Gasteiger partial charge in [-0.2, -0.15) is 0 Å². The number of aliphatic hydroxyl groups is 9. The number of carboxylic acids is 1. The summed E-state index contributed by atoms with van der Waals surface area (Å²) in [6, 6.07) is 0. The summed E-state index contributed by atoms with van der Waals surface area (Å²) in [5, 5.41) is 108. The second kappa shape index (κ2) is 17.5. The quantitative estimate of drug-likeness (QED) is 0.0873. The van der Waals surface area contributed by atoms with Crippen molar-refractivity contribution >= 4 is 12.3 Å². The minimum atomic E-state index is -2.09. The number of carbonyl (C=O) groups excluding carboxylic acids is 1. The molecule has 7 fully saturated rings. The summed E-state index contributed by atoms with van der Waals surface area (Å²) in [5.41, 5.74) is -0.466. The van der Waals surface area contributed by atoms with Crippen molar-refractivity contribution in [3.8, 4) is 0 Å². The highest BCUT2D eigenvalue weighted by Crippen LogP contribution is 2.75. The van der Waals surface area contributed by atoms with Gasteiger partial charge in [0.2, 0.25) is 0 Å². The summed E-state index contributed by atoms with van der Waals surface area (Å²) in [7, 11) is 0. The number of hydrogen-bond donors (Lipinski definition) is 10. The van der Waals surface area contributed by atoms with E-state index in [0.29, 0.717) is 19.3 Å². The lowest BCUT2D eigenvalue weighted by Crippen LogP contribution is -2.68. The van der Waals surface area contributed by atoms with Gasteiger partial charge < -0.3 is 84.3 Å². The molecule has 3 heterocycles. The highest BCUT2D eigenvalue weighted by molar-refractivity contribution is 5.73. The van der Waals surface area contributed by atoms with Crippen LogP contribution >= 0.6 is 0 Å². The van der Waals surface area contributed by atoms with E-state index >= 15 is 0 Å². The maximum absolute atomic E-state index is 13.7. The monoisotopic (exact) mass is 941 g/mol. The molecular formula is C48H76O18. The molecule has 376 valence electrons. The van der Waals surface area contributed by atoms with Crippen molar-refractivity contribution in [3.63, 3.8) is 0 Å². The van der Waals surface area contributed by atoms with Gasteiger partial charge in [-0.15, -0.1) is 0 Å². The summed E-state index contributed by atoms with van der Waals surface area (Å²) >= 11 is 0. The summed E-state index contributed by atoms with van der Waals surface area (Å²) in [4.78, 5) is 26.2. The van der Waals surface area contributed by atoms with E-state index in [1.165, 1.54) is 12.5 Å². The Morgan fingerprint density at radius 1 is 0.697 bits per heavy atom. The molecule has 0 bridgehead atoms. The van der Waals surface area contributed by atoms with Crippen molar-refractivity contribution in [2.24, 2.45) is 50.2 Å². The number of aliphatic hydroxyl groups excluding tert-OH is 9. The first-order valence-electron chi connectivity index (χ1n) is 24.1. The van der Waals surface area contributed by atoms with Crippen LogP contribution in [0.15, 0.2) is 11.6 Å². The first kappa shape index (κ1) is 50.7. The van der Waals surface area contributed by atoms with Crippen LogP contribution in [0.1, 0.15) is 113 Å². The van der Waals surface area contributed by atoms with E-state index in [1.54, 1.807) is 0 Å². The third-order valence-electron chi connectivity index (χ3n) is 19.3. The molecule has 0 aromatic rings. The number of carbonyl (C=O) groups is 2. The van der Waals surface area contributed by atoms with Crippen molar-refractivity contribution in [3.05, 3.63) is 11.6 Å². The van der Waals surface area contributed by atoms with Crippen LogP contribution < -0.4 is 0 Å². The van der Waals surface area contributed by atoms with E-state index in [4.69, 9.17) is 28.4 Å². The van der Waals surface area contributed by atoms with Crippen LogP contribution in [0.2, 0.25) is 0 Å². The molecule has 0 spiro atoms. The molecule has 18 nitrogen and oxygen atoms in total. The Balaban J connectivity index is 1.08. The van der Waals surface area contributed by atoms with E-state index < -0.39 is 116 Å². The summed E-state index contributed by atoms with van der Waals surface area (Å²) in [6.45, 7) is 16.4. The van der Waals surface area contributed by atoms with Crippen molar-refractivity contribution in [2.75, 3.05) is 6.61 Å². The SMILES string of the molecule is C[C@@H]1O[C@@H](O[C@H]2[C@H](O[C@H]3[C@H](O[C@H]4CC[C@@]5(C)[C@H]6CC=C7[C@@H]8CC(C)(C)C[C@@H](O)[C@]8(C)CC[C@@]7(C)[C@]6(C)CC[C@H]5[C@@]4(C)C=O)O[C@H](C(=O)O)[C@@H](O)[C@@H]3O)O[C@H](CO)[C@H](O)[C@@H]2O)[C@H](O)[C@H](O)[C@H]1O. The van der Waals surface area contributed by atoms with E-state index in [1.807, 2.05) is 6.92 Å². The molecule has 3 saturated heterocycles. The van der Waals surface area contributed by atoms with Crippen LogP contribution in [-0.4, -0.2) is 174 Å². The predicted octanol–water partition coefficient (Wildman–Crippen LogP) is 0.911. The molecule has 18 heteroatoms. The third-order valence-corrected chi connectivity index (χ3v) is 19.3. The minimum Gasteiger partial charge on any atom is -0.479 e. The number of ether oxygens (including phenoxy) is 6. The highest BCUT2D eigenvalue weighted by atomic mass is 16.8. The van der Waals surface area contributed by atoms with E-state index in [2.05, 4.69) is 47.6 Å². The van der Waals surface area contributed by atoms with Crippen LogP contribution in [0.25, 0.3) is 0 Å². The molecule has 66 heavy (non-hydrogen) atoms. The van der Waals surface area contributed by atoms with Gasteiger partial charge >= 0.3 is 5.97 Å². The van der Waals surface area contributed by atoms with Gasteiger partial charge in [-0.3, -0.25) is 0 Å². The van der Waals surface area contributed by atoms with Crippen molar-refractivity contribution in [2.45, 2.75) is 218 Å². The molecular weight excluding hydrogens is 865 g/mol. The number of aldehydes is 1. The van der Waals surface area contributed by atoms with Gasteiger partial charge in [-0.25, -0.2) is 4.79 Å². The van der Waals surface area contributed by atoms with Gasteiger partial charge in [0, 0.05) is 5.41 Å². The topological polar surface area (TPSA) is 292 Å². The lowest BCUT2D eigenvalue weighted by molar-refractivity contribution is -0.395. The van der Waals surface area contributed by atoms with Crippen molar-refractivity contribution in [1.29, 1.82) is 0 Å². The van der Waals surface area contributed by atoms with Crippen LogP contribution in [0.5, 0.6) is 0 Å². The molecule has 8 rings (SSSR count). The van der Waals surface area contributed by atoms with Crippen molar-refractivity contribution < 1.29 is 89.1 Å². The summed E-state index contributed by atoms with van der Waals surface area (Å²) < 4.78 is 36.0. The molecule has 0 amide bonds. The zero-order valence-corrected chi connectivity index (χ0v) is 39.5. The van der Waals surface area contributed by atoms with Crippen LogP contribution in [-0.2, 0) is 38.0 Å². The van der Waals surface area contributed by atoms with Crippen molar-refractivity contribution in [1.82, 2.24) is 0 Å². The number of hydrogen-bond acceptors (Lipinski definition) is 17. The molecule has 10 N–H and O–H groups in total. The molecule has 0 radical (unpaired) electrons. The van der Waals surface area contributed by atoms with Crippen LogP contribution in [0.3, 0.4) is 0 Å². The second-order valence-electron chi connectivity index (χ2n) is 23.4. The van der Waals surface area contributed by atoms with Crippen LogP contribution in [0.4, 0.5) is 0 Å². The molecule has 0 aromatic heterocycles. The average molecular weight is 941 g/mol. The summed E-state index contributed by atoms with van der Waals surface area (Å²) in [5.74, 6) is -1.36. The highest BCUT2D eigenvalue weighted by Gasteiger charge is 2.70. The Hall–Kier alpha value is -1.72. The Morgan fingerprint density at radius 3 is 1.97 bits per heavy atom. The molecule has 3 aliphatic heterocycles. The Bertz CT molecular complexity index is 1850. The first-order valence-corrected chi connectivity index (χ1v) is 24.1. The number of rotatable bonds is 9. The van der Waals surface area contributed by atoms with Gasteiger partial charge in [0.05, 0.1) is 30.3 Å². The largest absolute Gasteiger partial charge is 0.479 e. The van der Waals surface area contributed by atoms with E-state index in [0.717, 1.165) is 44.8 Å². The normalized spacial score (nSPS) is 55.9. The third kappa shape index (κ3) is 7.70. The fraction of sp³-hybridized carbons (Fsp3) is 0.917. The molecule has 4 saturated carbocycles. The zero-order chi connectivity index (χ0) is 48.4. The van der Waals surface area contributed by atoms with E-state index in [9.17, 15) is 60.7 Å². The first-order chi connectivity index (χ1) is 30.7. The molecule has 8 aliphatic rings. The molecule has 5 aliphatic carbocycles. The van der Waals surface area contributed by atoms with Crippen LogP contribution in [0, 0.1) is 50.2 Å². The fourth-order valence-electron chi connectivity index (χ4n) is 15.0. The van der Waals surface area contributed by atoms with Gasteiger partial charge in [-0.05, 0) is 104 Å². The average Bonchev–Trinajstić information content (AvgIpc) is 3.25. The van der Waals surface area contributed by atoms with Gasteiger partial charge in [0.15, 0.2) is 25.0 Å². The molecule has 25 atom stereocenters. The lowest BCUT2D eigenvalue weighted by Gasteiger charge is -2.71. The van der Waals surface area contributed by atoms with Gasteiger partial charge in [0.25, 0.3) is 0 Å². The lowest BCUT2D eigenvalue weighted by atomic mass is 9.33. The number of allylic oxidation sites excluding steroid dienone is 2. The van der Waals surface area contributed by atoms with E-state index in [-0.39, 0.29) is 50.9 Å². The minimum absolute atomic E-state index is 0.00548. The molecule has 0 aromatic carbocycles. The number of aliphatic carboxylic acids is 1. The number of carboxylic acid groups (broad SMARTS) is 1. The molecule has 0 unspecified atom stereocenters. The second-order valence-corrected chi connectivity index (χ2v) is 23.4. The van der Waals surface area contributed by atoms with Gasteiger partial charge in [-0.1, -0.05) is 60.1 Å². The maximum Gasteiger partial charge on any atom is 0.335 e. The Morgan fingerprint density at radius 2 is 1.33 bits per heavy atom. The standard InChI is InChI=1S/C48H76O18/c1-21-29(52)31(54)35(58)40(61-21)65-37-32(55)30(53)24(19-49)62-41(37)66-38-34(57)33(56)36(39(59)60)64-42(38)63-28-12-13-45(5)25(46(28,6)20-50)11-14-48(8)26(45)10-9-22-23-17-43(2,3)18-27(51)44(23,4)15-16-47(22,48)7/h9,20-21,23-38,40-42,49,51-58H,10-19H2,1-8H3,(H,59,60)/t21-,23-,24+,25+,26+,27+,28-,29-,30-,31+,32-,33-,34-,35+,36-,37+,38+,40-,41-,42+,44+,45+,46+,47+,48+/m0/s1. The maximum atomic E-state index is 13.7. The summed E-state index contributed by atoms with van der Waals surface area (Å²) in [6.07, 6.45) is -17.4. The Labute approximate surface area is 386 Å².